The quantitative estimate of drug-likeness (QED) is 0.0770. The van der Waals surface area contributed by atoms with Crippen LogP contribution in [0.2, 0.25) is 0 Å². The summed E-state index contributed by atoms with van der Waals surface area (Å²) in [5.74, 6) is -1.68. The SMILES string of the molecule is COc1ccc(-c2nc3c(C(=O)N4CCN([C@@H](CO)c5cc(C(C)=O)ccc5F)C[C@H]4C)cnn3c(C(F)(F)F)c2C)cc1.COc1ccc(-c2nc3c(C(=O)N4CCN([C@H](CO)c5cc(C(C)=O)ccc5F)C[C@H]4C)cnn3c(C(F)(F)F)c2C)cc1. The summed E-state index contributed by atoms with van der Waals surface area (Å²) in [5, 5.41) is 28.2. The van der Waals surface area contributed by atoms with Crippen molar-refractivity contribution >= 4 is 34.7 Å². The van der Waals surface area contributed by atoms with Crippen molar-refractivity contribution in [3.63, 3.8) is 0 Å². The first-order chi connectivity index (χ1) is 41.7. The van der Waals surface area contributed by atoms with Crippen LogP contribution in [0.4, 0.5) is 35.1 Å². The lowest BCUT2D eigenvalue weighted by Gasteiger charge is -2.43. The summed E-state index contributed by atoms with van der Waals surface area (Å²) in [6.45, 7) is 9.25. The van der Waals surface area contributed by atoms with Crippen LogP contribution >= 0.6 is 0 Å². The van der Waals surface area contributed by atoms with Gasteiger partial charge in [-0.05, 0) is 126 Å². The topological polar surface area (TPSA) is 201 Å². The van der Waals surface area contributed by atoms with Crippen molar-refractivity contribution in [1.29, 1.82) is 0 Å². The van der Waals surface area contributed by atoms with Crippen LogP contribution in [0.15, 0.2) is 97.3 Å². The number of fused-ring (bicyclic) bond motifs is 2. The molecule has 2 amide bonds. The molecule has 10 rings (SSSR count). The first kappa shape index (κ1) is 63.8. The first-order valence-corrected chi connectivity index (χ1v) is 27.8. The van der Waals surface area contributed by atoms with E-state index in [0.717, 1.165) is 12.4 Å². The fraction of sp³-hybridized carbons (Fsp3) is 0.355. The van der Waals surface area contributed by atoms with E-state index in [4.69, 9.17) is 9.47 Å². The number of nitrogens with zero attached hydrogens (tertiary/aromatic N) is 10. The molecule has 0 bridgehead atoms. The number of hydrogen-bond acceptors (Lipinski definition) is 14. The fourth-order valence-electron chi connectivity index (χ4n) is 11.5. The number of alkyl halides is 6. The van der Waals surface area contributed by atoms with Gasteiger partial charge in [0.1, 0.15) is 34.3 Å². The van der Waals surface area contributed by atoms with Crippen LogP contribution in [0.3, 0.4) is 0 Å². The maximum Gasteiger partial charge on any atom is 0.433 e. The van der Waals surface area contributed by atoms with E-state index in [9.17, 15) is 64.5 Å². The number of carbonyl (C=O) groups is 4. The molecule has 26 heteroatoms. The van der Waals surface area contributed by atoms with Crippen LogP contribution in [0.5, 0.6) is 11.5 Å². The van der Waals surface area contributed by atoms with Gasteiger partial charge in [0, 0.05) is 95.9 Å². The molecule has 8 aromatic rings. The second-order valence-electron chi connectivity index (χ2n) is 21.6. The third kappa shape index (κ3) is 12.6. The predicted molar refractivity (Wildman–Crippen MR) is 306 cm³/mol. The third-order valence-corrected chi connectivity index (χ3v) is 16.1. The molecule has 464 valence electrons. The largest absolute Gasteiger partial charge is 0.497 e. The van der Waals surface area contributed by atoms with Crippen molar-refractivity contribution in [3.8, 4) is 34.0 Å². The van der Waals surface area contributed by atoms with Gasteiger partial charge in [-0.15, -0.1) is 0 Å². The number of methoxy groups -OCH3 is 2. The number of piperazine rings is 2. The average Bonchev–Trinajstić information content (AvgIpc) is 1.60. The van der Waals surface area contributed by atoms with E-state index >= 15 is 0 Å². The number of rotatable bonds is 14. The zero-order valence-corrected chi connectivity index (χ0v) is 49.0. The van der Waals surface area contributed by atoms with Crippen LogP contribution < -0.4 is 9.47 Å². The Hall–Kier alpha value is -8.72. The Balaban J connectivity index is 0.000000209. The highest BCUT2D eigenvalue weighted by Gasteiger charge is 2.42. The van der Waals surface area contributed by atoms with Crippen molar-refractivity contribution in [2.24, 2.45) is 0 Å². The number of ketones is 2. The number of aliphatic hydroxyl groups excluding tert-OH is 2. The van der Waals surface area contributed by atoms with E-state index in [-0.39, 0.29) is 107 Å². The maximum atomic E-state index is 14.8. The molecule has 6 heterocycles. The smallest absolute Gasteiger partial charge is 0.433 e. The zero-order valence-electron chi connectivity index (χ0n) is 49.0. The van der Waals surface area contributed by atoms with Crippen LogP contribution in [-0.4, -0.2) is 161 Å². The van der Waals surface area contributed by atoms with Crippen LogP contribution in [0, 0.1) is 25.5 Å². The number of amides is 2. The molecule has 4 aromatic carbocycles. The average molecular weight is 1230 g/mol. The number of Topliss-reactive ketones (excluding diaryl/α,β-unsaturated/α-hetero) is 2. The third-order valence-electron chi connectivity index (χ3n) is 16.1. The summed E-state index contributed by atoms with van der Waals surface area (Å²) in [4.78, 5) is 67.0. The Labute approximate surface area is 499 Å². The van der Waals surface area contributed by atoms with Gasteiger partial charge in [0.25, 0.3) is 11.8 Å². The summed E-state index contributed by atoms with van der Waals surface area (Å²) < 4.78 is 127. The normalized spacial score (nSPS) is 16.8. The zero-order chi connectivity index (χ0) is 63.8. The monoisotopic (exact) mass is 1230 g/mol. The van der Waals surface area contributed by atoms with E-state index in [1.54, 1.807) is 62.4 Å². The molecule has 2 saturated heterocycles. The molecule has 4 aromatic heterocycles. The van der Waals surface area contributed by atoms with Crippen molar-refractivity contribution < 1.29 is 74.0 Å². The molecule has 18 nitrogen and oxygen atoms in total. The van der Waals surface area contributed by atoms with Gasteiger partial charge in [0.05, 0.1) is 63.3 Å². The van der Waals surface area contributed by atoms with Gasteiger partial charge in [-0.2, -0.15) is 36.5 Å². The molecule has 2 N–H and O–H groups in total. The van der Waals surface area contributed by atoms with Crippen molar-refractivity contribution in [3.05, 3.63) is 165 Å². The lowest BCUT2D eigenvalue weighted by molar-refractivity contribution is -0.144. The molecular formula is C62H62F8N10O8. The number of hydrogen-bond donors (Lipinski definition) is 2. The van der Waals surface area contributed by atoms with Crippen LogP contribution in [-0.2, 0) is 12.4 Å². The Kier molecular flexibility index (Phi) is 18.5. The molecule has 2 fully saturated rings. The number of carbonyl (C=O) groups excluding carboxylic acids is 4. The lowest BCUT2D eigenvalue weighted by Crippen LogP contribution is -2.55. The summed E-state index contributed by atoms with van der Waals surface area (Å²) >= 11 is 0. The first-order valence-electron chi connectivity index (χ1n) is 27.8. The molecule has 0 radical (unpaired) electrons. The summed E-state index contributed by atoms with van der Waals surface area (Å²) in [5.41, 5.74) is -1.12. The summed E-state index contributed by atoms with van der Waals surface area (Å²) in [6.07, 6.45) is -7.39. The summed E-state index contributed by atoms with van der Waals surface area (Å²) in [7, 11) is 2.96. The molecule has 0 saturated carbocycles. The minimum Gasteiger partial charge on any atom is -0.497 e. The number of aliphatic hydroxyl groups is 2. The van der Waals surface area contributed by atoms with Gasteiger partial charge in [-0.1, -0.05) is 0 Å². The van der Waals surface area contributed by atoms with Crippen molar-refractivity contribution in [2.75, 3.05) is 66.7 Å². The number of halogens is 8. The molecule has 2 aliphatic rings. The molecule has 4 atom stereocenters. The van der Waals surface area contributed by atoms with Crippen LogP contribution in [0.25, 0.3) is 33.8 Å². The van der Waals surface area contributed by atoms with E-state index < -0.39 is 84.6 Å². The molecular weight excluding hydrogens is 1160 g/mol. The van der Waals surface area contributed by atoms with E-state index in [0.29, 0.717) is 42.8 Å². The minimum absolute atomic E-state index is 0.0560. The van der Waals surface area contributed by atoms with Gasteiger partial charge in [0.2, 0.25) is 0 Å². The molecule has 0 unspecified atom stereocenters. The van der Waals surface area contributed by atoms with Crippen LogP contribution in [0.1, 0.15) is 115 Å². The van der Waals surface area contributed by atoms with Gasteiger partial charge >= 0.3 is 12.4 Å². The minimum atomic E-state index is -4.79. The van der Waals surface area contributed by atoms with Crippen molar-refractivity contribution in [1.82, 2.24) is 48.8 Å². The Morgan fingerprint density at radius 1 is 0.568 bits per heavy atom. The van der Waals surface area contributed by atoms with E-state index in [2.05, 4.69) is 20.2 Å². The van der Waals surface area contributed by atoms with Gasteiger partial charge in [-0.25, -0.2) is 27.8 Å². The van der Waals surface area contributed by atoms with E-state index in [1.165, 1.54) is 88.1 Å². The molecule has 0 aliphatic carbocycles. The van der Waals surface area contributed by atoms with Gasteiger partial charge in [-0.3, -0.25) is 29.0 Å². The summed E-state index contributed by atoms with van der Waals surface area (Å²) in [6, 6.07) is 18.3. The number of aromatic nitrogens is 6. The van der Waals surface area contributed by atoms with Gasteiger partial charge < -0.3 is 29.5 Å². The molecule has 2 aliphatic heterocycles. The van der Waals surface area contributed by atoms with Gasteiger partial charge in [0.15, 0.2) is 34.2 Å². The standard InChI is InChI=1S/2C31H31F4N5O4/c2*1-17-15-38(26(16-41)23-13-21(19(3)42)7-10-25(23)32)11-12-39(17)30(43)24-14-36-40-28(31(33,34)35)18(2)27(37-29(24)40)20-5-8-22(44-4)9-6-20/h2*5-10,13-14,17,26,41H,11-12,15-16H2,1-4H3/t17-,26+;17-,26-/m11/s1. The Morgan fingerprint density at radius 2 is 0.920 bits per heavy atom. The van der Waals surface area contributed by atoms with Crippen molar-refractivity contribution in [2.45, 2.75) is 78.1 Å². The van der Waals surface area contributed by atoms with E-state index in [1.807, 2.05) is 9.80 Å². The Morgan fingerprint density at radius 3 is 1.22 bits per heavy atom. The predicted octanol–water partition coefficient (Wildman–Crippen LogP) is 9.91. The highest BCUT2D eigenvalue weighted by atomic mass is 19.4. The number of benzene rings is 4. The lowest BCUT2D eigenvalue weighted by atomic mass is 9.99. The fourth-order valence-corrected chi connectivity index (χ4v) is 11.5. The second-order valence-corrected chi connectivity index (χ2v) is 21.6. The highest BCUT2D eigenvalue weighted by Crippen LogP contribution is 2.40. The maximum absolute atomic E-state index is 14.8. The highest BCUT2D eigenvalue weighted by molar-refractivity contribution is 6.01. The number of ether oxygens (including phenoxy) is 2. The second kappa shape index (κ2) is 25.5. The molecule has 88 heavy (non-hydrogen) atoms. The Bertz CT molecular complexity index is 3700. The molecule has 0 spiro atoms.